The third-order valence-electron chi connectivity index (χ3n) is 3.47. The van der Waals surface area contributed by atoms with Crippen molar-refractivity contribution in [1.29, 1.82) is 0 Å². The fraction of sp³-hybridized carbons (Fsp3) is 0.176. The van der Waals surface area contributed by atoms with Crippen molar-refractivity contribution in [3.05, 3.63) is 50.3 Å². The molecular formula is C17H13Cl3N2O3S. The number of aromatic nitrogens is 2. The highest BCUT2D eigenvalue weighted by atomic mass is 35.5. The average Bonchev–Trinajstić information content (AvgIpc) is 3.12. The molecule has 0 N–H and O–H groups in total. The van der Waals surface area contributed by atoms with Crippen molar-refractivity contribution in [2.45, 2.75) is 13.8 Å². The second kappa shape index (κ2) is 7.88. The summed E-state index contributed by atoms with van der Waals surface area (Å²) in [5, 5.41) is 5.32. The molecule has 0 aliphatic rings. The molecule has 1 aromatic carbocycles. The van der Waals surface area contributed by atoms with Crippen LogP contribution in [0.1, 0.15) is 12.5 Å². The Balaban J connectivity index is 2.16. The van der Waals surface area contributed by atoms with Gasteiger partial charge >= 0.3 is 6.16 Å². The summed E-state index contributed by atoms with van der Waals surface area (Å²) >= 11 is 19.8. The molecule has 0 bridgehead atoms. The van der Waals surface area contributed by atoms with Crippen LogP contribution < -0.4 is 4.74 Å². The number of thiophene rings is 1. The maximum Gasteiger partial charge on any atom is 0.515 e. The SMILES string of the molecule is CCOC(=O)Oc1nn(-c2ccc(Cl)cc2Cl)c(-c2ccc(Cl)s2)c1C. The van der Waals surface area contributed by atoms with E-state index in [1.165, 1.54) is 11.3 Å². The zero-order chi connectivity index (χ0) is 18.8. The van der Waals surface area contributed by atoms with Crippen molar-refractivity contribution in [2.75, 3.05) is 6.61 Å². The number of hydrogen-bond acceptors (Lipinski definition) is 5. The summed E-state index contributed by atoms with van der Waals surface area (Å²) in [7, 11) is 0. The van der Waals surface area contributed by atoms with Crippen LogP contribution >= 0.6 is 46.1 Å². The second-order valence-electron chi connectivity index (χ2n) is 5.18. The van der Waals surface area contributed by atoms with Crippen LogP contribution in [0.2, 0.25) is 14.4 Å². The second-order valence-corrected chi connectivity index (χ2v) is 7.73. The molecule has 3 aromatic rings. The van der Waals surface area contributed by atoms with E-state index in [0.717, 1.165) is 4.88 Å². The lowest BCUT2D eigenvalue weighted by atomic mass is 10.2. The number of ether oxygens (including phenoxy) is 2. The highest BCUT2D eigenvalue weighted by molar-refractivity contribution is 7.19. The minimum absolute atomic E-state index is 0.133. The van der Waals surface area contributed by atoms with Gasteiger partial charge in [0.2, 0.25) is 5.88 Å². The van der Waals surface area contributed by atoms with Gasteiger partial charge < -0.3 is 9.47 Å². The van der Waals surface area contributed by atoms with Crippen LogP contribution in [0.15, 0.2) is 30.3 Å². The van der Waals surface area contributed by atoms with Crippen molar-refractivity contribution in [1.82, 2.24) is 9.78 Å². The van der Waals surface area contributed by atoms with Crippen molar-refractivity contribution in [3.8, 4) is 22.1 Å². The van der Waals surface area contributed by atoms with Crippen molar-refractivity contribution >= 4 is 52.3 Å². The van der Waals surface area contributed by atoms with Gasteiger partial charge in [-0.1, -0.05) is 34.8 Å². The maximum atomic E-state index is 11.7. The molecule has 136 valence electrons. The minimum Gasteiger partial charge on any atom is -0.434 e. The summed E-state index contributed by atoms with van der Waals surface area (Å²) in [6, 6.07) is 8.71. The number of carbonyl (C=O) groups excluding carboxylic acids is 1. The van der Waals surface area contributed by atoms with Crippen LogP contribution in [0.4, 0.5) is 4.79 Å². The summed E-state index contributed by atoms with van der Waals surface area (Å²) in [4.78, 5) is 12.6. The Kier molecular flexibility index (Phi) is 5.77. The highest BCUT2D eigenvalue weighted by Gasteiger charge is 2.23. The van der Waals surface area contributed by atoms with Gasteiger partial charge in [-0.15, -0.1) is 16.4 Å². The average molecular weight is 432 g/mol. The van der Waals surface area contributed by atoms with Crippen LogP contribution in [0.5, 0.6) is 5.88 Å². The van der Waals surface area contributed by atoms with Crippen LogP contribution in [-0.2, 0) is 4.74 Å². The summed E-state index contributed by atoms with van der Waals surface area (Å²) in [5.74, 6) is 0.133. The molecule has 0 fully saturated rings. The normalized spacial score (nSPS) is 10.8. The number of halogens is 3. The fourth-order valence-electron chi connectivity index (χ4n) is 2.36. The molecule has 0 saturated carbocycles. The number of hydrogen-bond donors (Lipinski definition) is 0. The minimum atomic E-state index is -0.821. The van der Waals surface area contributed by atoms with Crippen molar-refractivity contribution in [2.24, 2.45) is 0 Å². The Hall–Kier alpha value is -1.73. The van der Waals surface area contributed by atoms with Gasteiger partial charge in [0.15, 0.2) is 0 Å². The predicted molar refractivity (Wildman–Crippen MR) is 104 cm³/mol. The number of carbonyl (C=O) groups is 1. The quantitative estimate of drug-likeness (QED) is 0.448. The molecule has 3 rings (SSSR count). The van der Waals surface area contributed by atoms with E-state index in [2.05, 4.69) is 5.10 Å². The molecule has 0 atom stereocenters. The summed E-state index contributed by atoms with van der Waals surface area (Å²) in [6.07, 6.45) is -0.821. The van der Waals surface area contributed by atoms with E-state index in [1.54, 1.807) is 42.8 Å². The fourth-order valence-corrected chi connectivity index (χ4v) is 3.98. The molecule has 0 unspecified atom stereocenters. The molecular weight excluding hydrogens is 419 g/mol. The Bertz CT molecular complexity index is 968. The monoisotopic (exact) mass is 430 g/mol. The number of rotatable bonds is 4. The molecule has 9 heteroatoms. The van der Waals surface area contributed by atoms with E-state index in [1.807, 2.05) is 6.07 Å². The molecule has 0 spiro atoms. The lowest BCUT2D eigenvalue weighted by molar-refractivity contribution is 0.102. The molecule has 2 heterocycles. The Morgan fingerprint density at radius 2 is 2.00 bits per heavy atom. The Morgan fingerprint density at radius 3 is 2.62 bits per heavy atom. The topological polar surface area (TPSA) is 53.4 Å². The van der Waals surface area contributed by atoms with E-state index < -0.39 is 6.16 Å². The lowest BCUT2D eigenvalue weighted by Gasteiger charge is -2.08. The van der Waals surface area contributed by atoms with Crippen LogP contribution in [0.25, 0.3) is 16.3 Å². The van der Waals surface area contributed by atoms with Gasteiger partial charge in [0, 0.05) is 10.6 Å². The van der Waals surface area contributed by atoms with Crippen LogP contribution in [0, 0.1) is 6.92 Å². The third-order valence-corrected chi connectivity index (χ3v) is 5.24. The largest absolute Gasteiger partial charge is 0.515 e. The van der Waals surface area contributed by atoms with E-state index in [0.29, 0.717) is 31.3 Å². The van der Waals surface area contributed by atoms with Crippen LogP contribution in [0.3, 0.4) is 0 Å². The predicted octanol–water partition coefficient (Wildman–Crippen LogP) is 6.40. The first kappa shape index (κ1) is 19.0. The smallest absolute Gasteiger partial charge is 0.434 e. The first-order valence-electron chi connectivity index (χ1n) is 7.56. The number of benzene rings is 1. The molecule has 0 radical (unpaired) electrons. The Labute approximate surface area is 169 Å². The molecule has 0 aliphatic carbocycles. The standard InChI is InChI=1S/C17H13Cl3N2O3S/c1-3-24-17(23)25-16-9(2)15(13-6-7-14(20)26-13)22(21-16)12-5-4-10(18)8-11(12)19/h4-8H,3H2,1-2H3. The lowest BCUT2D eigenvalue weighted by Crippen LogP contribution is -2.11. The molecule has 26 heavy (non-hydrogen) atoms. The van der Waals surface area contributed by atoms with Gasteiger partial charge in [-0.2, -0.15) is 0 Å². The molecule has 0 amide bonds. The van der Waals surface area contributed by atoms with Crippen molar-refractivity contribution < 1.29 is 14.3 Å². The zero-order valence-electron chi connectivity index (χ0n) is 13.8. The summed E-state index contributed by atoms with van der Waals surface area (Å²) in [6.45, 7) is 3.69. The number of nitrogens with zero attached hydrogens (tertiary/aromatic N) is 2. The summed E-state index contributed by atoms with van der Waals surface area (Å²) in [5.41, 5.74) is 1.96. The van der Waals surface area contributed by atoms with Gasteiger partial charge in [0.05, 0.1) is 32.2 Å². The molecule has 0 saturated heterocycles. The molecule has 0 aliphatic heterocycles. The van der Waals surface area contributed by atoms with Crippen molar-refractivity contribution in [3.63, 3.8) is 0 Å². The first-order chi connectivity index (χ1) is 12.4. The van der Waals surface area contributed by atoms with Gasteiger partial charge in [0.1, 0.15) is 0 Å². The maximum absolute atomic E-state index is 11.7. The van der Waals surface area contributed by atoms with Gasteiger partial charge in [-0.05, 0) is 44.2 Å². The van der Waals surface area contributed by atoms with E-state index in [4.69, 9.17) is 44.3 Å². The van der Waals surface area contributed by atoms with E-state index in [9.17, 15) is 4.79 Å². The van der Waals surface area contributed by atoms with Gasteiger partial charge in [-0.3, -0.25) is 0 Å². The zero-order valence-corrected chi connectivity index (χ0v) is 16.8. The highest BCUT2D eigenvalue weighted by Crippen LogP contribution is 2.39. The summed E-state index contributed by atoms with van der Waals surface area (Å²) < 4.78 is 12.3. The Morgan fingerprint density at radius 1 is 1.23 bits per heavy atom. The van der Waals surface area contributed by atoms with Crippen LogP contribution in [-0.4, -0.2) is 22.5 Å². The van der Waals surface area contributed by atoms with E-state index in [-0.39, 0.29) is 12.5 Å². The van der Waals surface area contributed by atoms with E-state index >= 15 is 0 Å². The molecule has 2 aromatic heterocycles. The molecule has 5 nitrogen and oxygen atoms in total. The van der Waals surface area contributed by atoms with Gasteiger partial charge in [-0.25, -0.2) is 9.48 Å². The third kappa shape index (κ3) is 3.83. The first-order valence-corrected chi connectivity index (χ1v) is 9.51. The van der Waals surface area contributed by atoms with Gasteiger partial charge in [0.25, 0.3) is 0 Å².